The van der Waals surface area contributed by atoms with Crippen molar-refractivity contribution in [1.82, 2.24) is 35.6 Å². The molecule has 0 aromatic heterocycles. The maximum atomic E-state index is 13.8. The number of thioether (sulfide) groups is 1. The number of carbonyl (C=O) groups excluding carboxylic acids is 8. The second-order valence-corrected chi connectivity index (χ2v) is 23.0. The van der Waals surface area contributed by atoms with Crippen LogP contribution in [-0.2, 0) is 52.6 Å². The van der Waals surface area contributed by atoms with E-state index in [2.05, 4.69) is 16.0 Å². The molecule has 81 heavy (non-hydrogen) atoms. The molecule has 2 saturated heterocycles. The summed E-state index contributed by atoms with van der Waals surface area (Å²) < 4.78 is 10.1. The van der Waals surface area contributed by atoms with Crippen LogP contribution in [0.5, 0.6) is 0 Å². The molecule has 464 valence electrons. The zero-order valence-corrected chi connectivity index (χ0v) is 50.4. The number of nitrogens with zero attached hydrogens (tertiary/aromatic N) is 4. The standard InChI is InChI=1S/C59H103N7O14S/c1-4-79-56(76)36-18-11-27-43-65(41-25-9-16-34-54(72)73)52(70)32-14-7-23-39-64(40-24-8-15-33-53(71)66(42-26-10-17-35-55(74)75)44-28-12-19-37-57(77)80-5-2)51(69)31-13-6-22-38-60-49(67)45-63(3)50(68)30-21-20-29-48-58-47(46-81-48)61-59(78)62-58/h47-48,58H,4-46H2,1-3H3,(H,60,67)(H,72,73)(H,74,75)(H2,61,62,78)/t47-,48-,58-/m0/s1. The topological polar surface area (TPSA) is 279 Å². The molecule has 0 aromatic carbocycles. The number of nitrogens with one attached hydrogen (secondary N) is 3. The second-order valence-electron chi connectivity index (χ2n) is 21.7. The van der Waals surface area contributed by atoms with Gasteiger partial charge in [-0.05, 0) is 117 Å². The number of rotatable bonds is 51. The van der Waals surface area contributed by atoms with Gasteiger partial charge >= 0.3 is 29.9 Å². The molecule has 2 rings (SSSR count). The highest BCUT2D eigenvalue weighted by molar-refractivity contribution is 8.00. The van der Waals surface area contributed by atoms with Crippen molar-refractivity contribution in [2.24, 2.45) is 0 Å². The minimum Gasteiger partial charge on any atom is -0.481 e. The normalized spacial score (nSPS) is 15.2. The fourth-order valence-electron chi connectivity index (χ4n) is 10.2. The Morgan fingerprint density at radius 1 is 0.494 bits per heavy atom. The molecule has 2 aliphatic rings. The van der Waals surface area contributed by atoms with E-state index in [0.717, 1.165) is 63.5 Å². The van der Waals surface area contributed by atoms with E-state index >= 15 is 0 Å². The summed E-state index contributed by atoms with van der Waals surface area (Å²) in [4.78, 5) is 131. The van der Waals surface area contributed by atoms with Gasteiger partial charge in [-0.3, -0.25) is 43.2 Å². The highest BCUT2D eigenvalue weighted by Gasteiger charge is 2.42. The Bertz CT molecular complexity index is 1800. The first kappa shape index (κ1) is 72.0. The van der Waals surface area contributed by atoms with Crippen molar-refractivity contribution in [1.29, 1.82) is 0 Å². The minimum absolute atomic E-state index is 0.0307. The fraction of sp³-hybridized carbons (Fsp3) is 0.831. The largest absolute Gasteiger partial charge is 0.481 e. The van der Waals surface area contributed by atoms with E-state index in [0.29, 0.717) is 199 Å². The highest BCUT2D eigenvalue weighted by Crippen LogP contribution is 2.33. The number of fused-ring (bicyclic) bond motifs is 1. The lowest BCUT2D eigenvalue weighted by molar-refractivity contribution is -0.144. The van der Waals surface area contributed by atoms with Crippen molar-refractivity contribution in [2.45, 2.75) is 237 Å². The summed E-state index contributed by atoms with van der Waals surface area (Å²) in [5.41, 5.74) is 0. The van der Waals surface area contributed by atoms with Crippen molar-refractivity contribution in [3.05, 3.63) is 0 Å². The van der Waals surface area contributed by atoms with Crippen LogP contribution in [0, 0.1) is 0 Å². The SMILES string of the molecule is CCOC(=O)CCCCCN(CCCCCC(=O)O)C(=O)CCCCCN(CCCCCC(=O)N(CCCCCC(=O)O)CCCCCC(=O)OCC)C(=O)CCCCCNC(=O)CN(C)C(=O)CCCC[C@@H]1SC[C@@H]2NC(=O)N[C@@H]21. The van der Waals surface area contributed by atoms with Crippen LogP contribution in [0.4, 0.5) is 4.79 Å². The molecule has 0 aromatic rings. The molecular weight excluding hydrogens is 1060 g/mol. The van der Waals surface area contributed by atoms with Crippen LogP contribution in [0.1, 0.15) is 219 Å². The molecule has 0 aliphatic carbocycles. The molecule has 2 fully saturated rings. The van der Waals surface area contributed by atoms with Crippen molar-refractivity contribution in [3.63, 3.8) is 0 Å². The summed E-state index contributed by atoms with van der Waals surface area (Å²) >= 11 is 1.85. The summed E-state index contributed by atoms with van der Waals surface area (Å²) in [6.07, 6.45) is 19.4. The maximum Gasteiger partial charge on any atom is 0.315 e. The Hall–Kier alpha value is -5.15. The molecule has 0 bridgehead atoms. The summed E-state index contributed by atoms with van der Waals surface area (Å²) in [6, 6.07) is 0.198. The summed E-state index contributed by atoms with van der Waals surface area (Å²) in [5.74, 6) is -1.42. The van der Waals surface area contributed by atoms with E-state index in [1.807, 2.05) is 26.5 Å². The molecule has 0 unspecified atom stereocenters. The number of carboxylic acid groups (broad SMARTS) is 2. The van der Waals surface area contributed by atoms with E-state index in [4.69, 9.17) is 19.7 Å². The van der Waals surface area contributed by atoms with Gasteiger partial charge in [0.2, 0.25) is 29.5 Å². The first-order valence-corrected chi connectivity index (χ1v) is 31.9. The zero-order valence-electron chi connectivity index (χ0n) is 49.6. The van der Waals surface area contributed by atoms with Gasteiger partial charge in [0, 0.05) is 115 Å². The lowest BCUT2D eigenvalue weighted by atomic mass is 10.0. The monoisotopic (exact) mass is 1170 g/mol. The number of aliphatic carboxylic acids is 2. The van der Waals surface area contributed by atoms with Gasteiger partial charge in [-0.15, -0.1) is 0 Å². The molecule has 21 nitrogen and oxygen atoms in total. The number of amides is 7. The third kappa shape index (κ3) is 35.5. The van der Waals surface area contributed by atoms with Crippen molar-refractivity contribution in [2.75, 3.05) is 78.4 Å². The van der Waals surface area contributed by atoms with Crippen LogP contribution < -0.4 is 16.0 Å². The van der Waals surface area contributed by atoms with Crippen molar-refractivity contribution < 1.29 is 67.6 Å². The first-order valence-electron chi connectivity index (χ1n) is 30.8. The number of carbonyl (C=O) groups is 10. The lowest BCUT2D eigenvalue weighted by Crippen LogP contribution is -2.38. The number of hydrogen-bond donors (Lipinski definition) is 5. The smallest absolute Gasteiger partial charge is 0.315 e. The van der Waals surface area contributed by atoms with Crippen LogP contribution in [0.15, 0.2) is 0 Å². The van der Waals surface area contributed by atoms with Gasteiger partial charge in [0.05, 0.1) is 31.8 Å². The zero-order chi connectivity index (χ0) is 59.5. The van der Waals surface area contributed by atoms with E-state index in [-0.39, 0.29) is 79.0 Å². The molecule has 2 heterocycles. The third-order valence-corrected chi connectivity index (χ3v) is 16.3. The number of carboxylic acids is 2. The molecule has 0 radical (unpaired) electrons. The van der Waals surface area contributed by atoms with Gasteiger partial charge < -0.3 is 55.2 Å². The van der Waals surface area contributed by atoms with E-state index in [1.165, 1.54) is 4.90 Å². The van der Waals surface area contributed by atoms with Crippen LogP contribution in [0.3, 0.4) is 0 Å². The minimum atomic E-state index is -0.835. The number of urea groups is 1. The molecule has 7 amide bonds. The Morgan fingerprint density at radius 3 is 1.27 bits per heavy atom. The van der Waals surface area contributed by atoms with Gasteiger partial charge in [0.25, 0.3) is 0 Å². The molecule has 22 heteroatoms. The number of ether oxygens (including phenoxy) is 2. The maximum absolute atomic E-state index is 13.8. The Kier molecular flexibility index (Phi) is 40.3. The molecule has 0 saturated carbocycles. The summed E-state index contributed by atoms with van der Waals surface area (Å²) in [6.45, 7) is 7.92. The molecule has 0 spiro atoms. The molecule has 2 aliphatic heterocycles. The van der Waals surface area contributed by atoms with E-state index in [9.17, 15) is 47.9 Å². The average molecular weight is 1170 g/mol. The van der Waals surface area contributed by atoms with Gasteiger partial charge in [-0.1, -0.05) is 51.4 Å². The highest BCUT2D eigenvalue weighted by atomic mass is 32.2. The number of hydrogen-bond acceptors (Lipinski definition) is 13. The second kappa shape index (κ2) is 45.4. The quantitative estimate of drug-likeness (QED) is 0.0219. The van der Waals surface area contributed by atoms with Crippen molar-refractivity contribution >= 4 is 71.2 Å². The molecular formula is C59H103N7O14S. The lowest BCUT2D eigenvalue weighted by Gasteiger charge is -2.24. The third-order valence-electron chi connectivity index (χ3n) is 14.8. The first-order chi connectivity index (χ1) is 39.0. The predicted molar refractivity (Wildman–Crippen MR) is 312 cm³/mol. The van der Waals surface area contributed by atoms with Gasteiger partial charge in [-0.2, -0.15) is 11.8 Å². The number of esters is 2. The van der Waals surface area contributed by atoms with Gasteiger partial charge in [-0.25, -0.2) is 4.79 Å². The van der Waals surface area contributed by atoms with E-state index < -0.39 is 11.9 Å². The van der Waals surface area contributed by atoms with Crippen LogP contribution in [0.25, 0.3) is 0 Å². The van der Waals surface area contributed by atoms with E-state index in [1.54, 1.807) is 20.9 Å². The van der Waals surface area contributed by atoms with Crippen LogP contribution in [-0.4, -0.2) is 185 Å². The molecule has 3 atom stereocenters. The van der Waals surface area contributed by atoms with Gasteiger partial charge in [0.1, 0.15) is 0 Å². The predicted octanol–water partition coefficient (Wildman–Crippen LogP) is 7.99. The van der Waals surface area contributed by atoms with Gasteiger partial charge in [0.15, 0.2) is 0 Å². The fourth-order valence-corrected chi connectivity index (χ4v) is 11.7. The van der Waals surface area contributed by atoms with Crippen LogP contribution >= 0.6 is 11.8 Å². The average Bonchev–Trinajstić information content (AvgIpc) is 4.09. The Balaban J connectivity index is 1.89. The Labute approximate surface area is 487 Å². The summed E-state index contributed by atoms with van der Waals surface area (Å²) in [5, 5.41) is 27.3. The van der Waals surface area contributed by atoms with Crippen LogP contribution in [0.2, 0.25) is 0 Å². The van der Waals surface area contributed by atoms with Crippen molar-refractivity contribution in [3.8, 4) is 0 Å². The summed E-state index contributed by atoms with van der Waals surface area (Å²) in [7, 11) is 1.63. The number of likely N-dealkylation sites (N-methyl/N-ethyl adjacent to an activating group) is 1. The molecule has 5 N–H and O–H groups in total. The Morgan fingerprint density at radius 2 is 0.864 bits per heavy atom. The number of unbranched alkanes of at least 4 members (excludes halogenated alkanes) is 15.